The third-order valence-electron chi connectivity index (χ3n) is 2.43. The topological polar surface area (TPSA) is 66.5 Å². The lowest BCUT2D eigenvalue weighted by atomic mass is 10.1. The largest absolute Gasteiger partial charge is 0.387 e. The fourth-order valence-corrected chi connectivity index (χ4v) is 2.90. The Morgan fingerprint density at radius 3 is 2.60 bits per heavy atom. The van der Waals surface area contributed by atoms with Crippen LogP contribution in [0.5, 0.6) is 0 Å². The number of rotatable bonds is 1. The van der Waals surface area contributed by atoms with Crippen molar-refractivity contribution >= 4 is 21.6 Å². The fraction of sp³-hybridized carbons (Fsp3) is 0.222. The minimum absolute atomic E-state index is 0.0712. The van der Waals surface area contributed by atoms with Gasteiger partial charge in [-0.05, 0) is 12.1 Å². The molecule has 0 saturated carbocycles. The molecule has 1 amide bonds. The lowest BCUT2D eigenvalue weighted by Gasteiger charge is -2.05. The normalized spacial score (nSPS) is 17.7. The van der Waals surface area contributed by atoms with E-state index in [2.05, 4.69) is 5.32 Å². The van der Waals surface area contributed by atoms with E-state index in [-0.39, 0.29) is 10.5 Å². The van der Waals surface area contributed by atoms with Gasteiger partial charge in [0, 0.05) is 19.8 Å². The molecule has 0 unspecified atom stereocenters. The molecule has 5 nitrogen and oxygen atoms in total. The zero-order valence-corrected chi connectivity index (χ0v) is 9.13. The summed E-state index contributed by atoms with van der Waals surface area (Å²) in [6.45, 7) is 0. The molecule has 15 heavy (non-hydrogen) atoms. The molecular weight excluding hydrogens is 216 g/mol. The maximum absolute atomic E-state index is 11.7. The van der Waals surface area contributed by atoms with E-state index in [0.29, 0.717) is 5.69 Å². The van der Waals surface area contributed by atoms with E-state index < -0.39 is 15.9 Å². The van der Waals surface area contributed by atoms with Gasteiger partial charge in [-0.1, -0.05) is 6.07 Å². The van der Waals surface area contributed by atoms with Gasteiger partial charge in [0.05, 0.1) is 5.56 Å². The van der Waals surface area contributed by atoms with Crippen molar-refractivity contribution in [1.82, 2.24) is 4.31 Å². The summed E-state index contributed by atoms with van der Waals surface area (Å²) in [7, 11) is -0.715. The molecule has 0 spiro atoms. The number of benzene rings is 1. The standard InChI is InChI=1S/C9H10N2O3S/c1-10-6-4-3-5-7-8(6)9(12)11(2)15(7,13)14/h3-5,10H,1-2H3. The van der Waals surface area contributed by atoms with Crippen molar-refractivity contribution in [2.24, 2.45) is 0 Å². The quantitative estimate of drug-likeness (QED) is 0.757. The van der Waals surface area contributed by atoms with Crippen LogP contribution < -0.4 is 5.32 Å². The highest BCUT2D eigenvalue weighted by Crippen LogP contribution is 2.33. The Bertz CT molecular complexity index is 536. The molecule has 0 fully saturated rings. The van der Waals surface area contributed by atoms with Crippen LogP contribution in [0.2, 0.25) is 0 Å². The Morgan fingerprint density at radius 2 is 2.00 bits per heavy atom. The van der Waals surface area contributed by atoms with Crippen LogP contribution in [0.4, 0.5) is 5.69 Å². The molecule has 0 aliphatic carbocycles. The summed E-state index contributed by atoms with van der Waals surface area (Å²) in [5, 5.41) is 2.80. The number of hydrogen-bond donors (Lipinski definition) is 1. The van der Waals surface area contributed by atoms with Crippen LogP contribution in [0.3, 0.4) is 0 Å². The first-order valence-corrected chi connectivity index (χ1v) is 5.78. The van der Waals surface area contributed by atoms with Crippen molar-refractivity contribution < 1.29 is 13.2 Å². The minimum Gasteiger partial charge on any atom is -0.387 e. The molecule has 0 saturated heterocycles. The van der Waals surface area contributed by atoms with Gasteiger partial charge < -0.3 is 5.32 Å². The third-order valence-corrected chi connectivity index (χ3v) is 4.22. The Balaban J connectivity index is 2.82. The van der Waals surface area contributed by atoms with Gasteiger partial charge in [0.1, 0.15) is 4.90 Å². The number of carbonyl (C=O) groups excluding carboxylic acids is 1. The number of anilines is 1. The Hall–Kier alpha value is -1.56. The second kappa shape index (κ2) is 2.96. The predicted octanol–water partition coefficient (Wildman–Crippen LogP) is 0.503. The maximum Gasteiger partial charge on any atom is 0.270 e. The first kappa shape index (κ1) is 9.97. The molecule has 1 aliphatic rings. The third kappa shape index (κ3) is 1.14. The summed E-state index contributed by atoms with van der Waals surface area (Å²) in [6.07, 6.45) is 0. The molecule has 2 rings (SSSR count). The zero-order valence-electron chi connectivity index (χ0n) is 8.31. The van der Waals surface area contributed by atoms with Crippen molar-refractivity contribution in [2.75, 3.05) is 19.4 Å². The predicted molar refractivity (Wildman–Crippen MR) is 55.3 cm³/mol. The number of nitrogens with zero attached hydrogens (tertiary/aromatic N) is 1. The van der Waals surface area contributed by atoms with Crippen LogP contribution in [0.15, 0.2) is 23.1 Å². The van der Waals surface area contributed by atoms with Crippen molar-refractivity contribution in [3.8, 4) is 0 Å². The lowest BCUT2D eigenvalue weighted by Crippen LogP contribution is -2.25. The van der Waals surface area contributed by atoms with Gasteiger partial charge in [0.2, 0.25) is 0 Å². The molecule has 1 aliphatic heterocycles. The van der Waals surface area contributed by atoms with Gasteiger partial charge in [-0.2, -0.15) is 0 Å². The molecule has 1 heterocycles. The SMILES string of the molecule is CNc1cccc2c1C(=O)N(C)S2(=O)=O. The number of hydrogen-bond acceptors (Lipinski definition) is 4. The summed E-state index contributed by atoms with van der Waals surface area (Å²) >= 11 is 0. The Kier molecular flexibility index (Phi) is 1.97. The van der Waals surface area contributed by atoms with Crippen LogP contribution in [-0.4, -0.2) is 32.7 Å². The van der Waals surface area contributed by atoms with Crippen molar-refractivity contribution in [3.63, 3.8) is 0 Å². The van der Waals surface area contributed by atoms with Crippen LogP contribution in [0.25, 0.3) is 0 Å². The molecule has 6 heteroatoms. The van der Waals surface area contributed by atoms with Crippen molar-refractivity contribution in [3.05, 3.63) is 23.8 Å². The average Bonchev–Trinajstić information content (AvgIpc) is 2.41. The molecule has 0 radical (unpaired) electrons. The van der Waals surface area contributed by atoms with Gasteiger partial charge in [-0.15, -0.1) is 0 Å². The highest BCUT2D eigenvalue weighted by molar-refractivity contribution is 7.90. The number of nitrogens with one attached hydrogen (secondary N) is 1. The first-order valence-electron chi connectivity index (χ1n) is 4.34. The van der Waals surface area contributed by atoms with E-state index in [9.17, 15) is 13.2 Å². The van der Waals surface area contributed by atoms with Crippen LogP contribution in [0, 0.1) is 0 Å². The highest BCUT2D eigenvalue weighted by Gasteiger charge is 2.39. The molecular formula is C9H10N2O3S. The molecule has 1 N–H and O–H groups in total. The van der Waals surface area contributed by atoms with E-state index in [4.69, 9.17) is 0 Å². The van der Waals surface area contributed by atoms with E-state index >= 15 is 0 Å². The van der Waals surface area contributed by atoms with Gasteiger partial charge in [0.15, 0.2) is 0 Å². The summed E-state index contributed by atoms with van der Waals surface area (Å²) in [4.78, 5) is 11.8. The maximum atomic E-state index is 11.7. The summed E-state index contributed by atoms with van der Waals surface area (Å²) < 4.78 is 24.2. The molecule has 1 aromatic rings. The van der Waals surface area contributed by atoms with Crippen molar-refractivity contribution in [1.29, 1.82) is 0 Å². The van der Waals surface area contributed by atoms with E-state index in [1.54, 1.807) is 19.2 Å². The number of fused-ring (bicyclic) bond motifs is 1. The fourth-order valence-electron chi connectivity index (χ4n) is 1.59. The minimum atomic E-state index is -3.62. The van der Waals surface area contributed by atoms with Gasteiger partial charge in [-0.3, -0.25) is 4.79 Å². The number of carbonyl (C=O) groups is 1. The highest BCUT2D eigenvalue weighted by atomic mass is 32.2. The van der Waals surface area contributed by atoms with Gasteiger partial charge in [0.25, 0.3) is 15.9 Å². The summed E-state index contributed by atoms with van der Waals surface area (Å²) in [5.74, 6) is -0.491. The Labute approximate surface area is 87.8 Å². The zero-order chi connectivity index (χ0) is 11.2. The average molecular weight is 226 g/mol. The summed E-state index contributed by atoms with van der Waals surface area (Å²) in [6, 6.07) is 4.72. The van der Waals surface area contributed by atoms with Crippen LogP contribution in [-0.2, 0) is 10.0 Å². The molecule has 1 aromatic carbocycles. The number of sulfonamides is 1. The molecule has 0 atom stereocenters. The number of amides is 1. The van der Waals surface area contributed by atoms with Gasteiger partial charge >= 0.3 is 0 Å². The molecule has 0 aromatic heterocycles. The smallest absolute Gasteiger partial charge is 0.270 e. The van der Waals surface area contributed by atoms with Crippen molar-refractivity contribution in [2.45, 2.75) is 4.90 Å². The van der Waals surface area contributed by atoms with Crippen LogP contribution in [0.1, 0.15) is 10.4 Å². The molecule has 0 bridgehead atoms. The van der Waals surface area contributed by atoms with E-state index in [1.807, 2.05) is 0 Å². The lowest BCUT2D eigenvalue weighted by molar-refractivity contribution is 0.0892. The first-order chi connectivity index (χ1) is 7.00. The van der Waals surface area contributed by atoms with Crippen LogP contribution >= 0.6 is 0 Å². The van der Waals surface area contributed by atoms with Gasteiger partial charge in [-0.25, -0.2) is 12.7 Å². The summed E-state index contributed by atoms with van der Waals surface area (Å²) in [5.41, 5.74) is 0.757. The Morgan fingerprint density at radius 1 is 1.33 bits per heavy atom. The van der Waals surface area contributed by atoms with E-state index in [1.165, 1.54) is 13.1 Å². The molecule has 80 valence electrons. The second-order valence-corrected chi connectivity index (χ2v) is 5.14. The monoisotopic (exact) mass is 226 g/mol. The second-order valence-electron chi connectivity index (χ2n) is 3.21. The van der Waals surface area contributed by atoms with E-state index in [0.717, 1.165) is 4.31 Å².